The monoisotopic (exact) mass is 422 g/mol. The van der Waals surface area contributed by atoms with Crippen LogP contribution in [0.25, 0.3) is 0 Å². The number of amides is 2. The predicted octanol–water partition coefficient (Wildman–Crippen LogP) is 3.94. The van der Waals surface area contributed by atoms with Gasteiger partial charge in [0.05, 0.1) is 23.2 Å². The van der Waals surface area contributed by atoms with Gasteiger partial charge in [-0.25, -0.2) is 0 Å². The molecule has 2 aromatic rings. The van der Waals surface area contributed by atoms with E-state index in [2.05, 4.69) is 5.32 Å². The number of benzene rings is 2. The molecule has 6 nitrogen and oxygen atoms in total. The third-order valence-corrected chi connectivity index (χ3v) is 5.54. The first kappa shape index (κ1) is 20.3. The van der Waals surface area contributed by atoms with Crippen molar-refractivity contribution in [3.63, 3.8) is 0 Å². The number of phenols is 1. The van der Waals surface area contributed by atoms with Gasteiger partial charge >= 0.3 is 0 Å². The third-order valence-electron chi connectivity index (χ3n) is 4.80. The maximum absolute atomic E-state index is 12.7. The van der Waals surface area contributed by atoms with Crippen LogP contribution in [0.15, 0.2) is 36.4 Å². The Morgan fingerprint density at radius 1 is 1.25 bits per heavy atom. The Labute approximate surface area is 173 Å². The summed E-state index contributed by atoms with van der Waals surface area (Å²) in [6.45, 7) is 2.15. The minimum Gasteiger partial charge on any atom is -0.508 e. The van der Waals surface area contributed by atoms with Crippen LogP contribution in [0.1, 0.15) is 24.9 Å². The van der Waals surface area contributed by atoms with Crippen molar-refractivity contribution in [2.45, 2.75) is 19.4 Å². The molecule has 2 aromatic carbocycles. The summed E-state index contributed by atoms with van der Waals surface area (Å²) >= 11 is 12.0. The van der Waals surface area contributed by atoms with E-state index in [-0.39, 0.29) is 17.6 Å². The first-order chi connectivity index (χ1) is 13.3. The average molecular weight is 423 g/mol. The van der Waals surface area contributed by atoms with Crippen molar-refractivity contribution in [1.29, 1.82) is 0 Å². The second kappa shape index (κ2) is 8.29. The van der Waals surface area contributed by atoms with Crippen LogP contribution in [0.4, 0.5) is 5.69 Å². The molecule has 28 heavy (non-hydrogen) atoms. The number of hydrogen-bond acceptors (Lipinski definition) is 4. The highest BCUT2D eigenvalue weighted by Gasteiger charge is 2.38. The number of halogens is 2. The van der Waals surface area contributed by atoms with Gasteiger partial charge in [-0.3, -0.25) is 9.59 Å². The molecule has 3 rings (SSSR count). The molecule has 2 unspecified atom stereocenters. The van der Waals surface area contributed by atoms with Gasteiger partial charge in [-0.15, -0.1) is 0 Å². The first-order valence-electron chi connectivity index (χ1n) is 8.75. The van der Waals surface area contributed by atoms with Crippen molar-refractivity contribution in [3.05, 3.63) is 52.0 Å². The Morgan fingerprint density at radius 3 is 2.68 bits per heavy atom. The van der Waals surface area contributed by atoms with Gasteiger partial charge in [0.2, 0.25) is 11.8 Å². The zero-order valence-electron chi connectivity index (χ0n) is 15.4. The quantitative estimate of drug-likeness (QED) is 0.715. The van der Waals surface area contributed by atoms with Gasteiger partial charge < -0.3 is 20.1 Å². The zero-order chi connectivity index (χ0) is 20.4. The van der Waals surface area contributed by atoms with Crippen LogP contribution in [0.5, 0.6) is 11.5 Å². The van der Waals surface area contributed by atoms with E-state index < -0.39 is 12.0 Å². The topological polar surface area (TPSA) is 78.9 Å². The molecule has 8 heteroatoms. The van der Waals surface area contributed by atoms with Gasteiger partial charge in [0.25, 0.3) is 0 Å². The lowest BCUT2D eigenvalue weighted by atomic mass is 10.0. The normalized spacial score (nSPS) is 17.5. The molecule has 1 heterocycles. The van der Waals surface area contributed by atoms with Gasteiger partial charge in [-0.1, -0.05) is 23.2 Å². The van der Waals surface area contributed by atoms with Crippen LogP contribution < -0.4 is 15.0 Å². The Balaban J connectivity index is 1.71. The number of carbonyl (C=O) groups is 2. The zero-order valence-corrected chi connectivity index (χ0v) is 16.9. The van der Waals surface area contributed by atoms with Crippen LogP contribution in [0, 0.1) is 5.92 Å². The molecule has 0 radical (unpaired) electrons. The third kappa shape index (κ3) is 4.03. The second-order valence-corrected chi connectivity index (χ2v) is 7.40. The number of hydrogen-bond donors (Lipinski definition) is 2. The molecule has 2 amide bonds. The van der Waals surface area contributed by atoms with Crippen molar-refractivity contribution in [2.75, 3.05) is 18.6 Å². The number of methoxy groups -OCH3 is 1. The summed E-state index contributed by atoms with van der Waals surface area (Å²) in [4.78, 5) is 27.0. The highest BCUT2D eigenvalue weighted by atomic mass is 35.5. The van der Waals surface area contributed by atoms with E-state index >= 15 is 0 Å². The maximum atomic E-state index is 12.7. The lowest BCUT2D eigenvalue weighted by molar-refractivity contribution is -0.132. The van der Waals surface area contributed by atoms with Crippen LogP contribution in [0.3, 0.4) is 0 Å². The highest BCUT2D eigenvalue weighted by Crippen LogP contribution is 2.32. The van der Waals surface area contributed by atoms with Crippen molar-refractivity contribution in [1.82, 2.24) is 5.32 Å². The Kier molecular flexibility index (Phi) is 6.01. The number of ether oxygens (including phenoxy) is 1. The van der Waals surface area contributed by atoms with Crippen LogP contribution in [-0.2, 0) is 9.59 Å². The number of nitrogens with zero attached hydrogens (tertiary/aromatic N) is 1. The smallest absolute Gasteiger partial charge is 0.239 e. The standard InChI is InChI=1S/C20H20Cl2N2O4/c1-11(15-10-13(28-2)4-6-18(15)25)23-19(26)14-7-8-24(20(14)27)12-3-5-16(21)17(22)9-12/h3-6,9-11,14,25H,7-8H2,1-2H3,(H,23,26). The number of carbonyl (C=O) groups excluding carboxylic acids is 2. The molecule has 1 aliphatic rings. The van der Waals surface area contributed by atoms with Crippen LogP contribution in [0.2, 0.25) is 10.0 Å². The Morgan fingerprint density at radius 2 is 2.00 bits per heavy atom. The largest absolute Gasteiger partial charge is 0.508 e. The van der Waals surface area contributed by atoms with E-state index in [0.29, 0.717) is 40.0 Å². The molecule has 0 saturated carbocycles. The van der Waals surface area contributed by atoms with Gasteiger partial charge in [-0.05, 0) is 49.7 Å². The summed E-state index contributed by atoms with van der Waals surface area (Å²) in [6.07, 6.45) is 0.391. The summed E-state index contributed by atoms with van der Waals surface area (Å²) in [5, 5.41) is 13.6. The summed E-state index contributed by atoms with van der Waals surface area (Å²) in [5.74, 6) is -0.870. The summed E-state index contributed by atoms with van der Waals surface area (Å²) in [5.41, 5.74) is 1.12. The van der Waals surface area contributed by atoms with Gasteiger partial charge in [0, 0.05) is 17.8 Å². The summed E-state index contributed by atoms with van der Waals surface area (Å²) < 4.78 is 5.16. The lowest BCUT2D eigenvalue weighted by Gasteiger charge is -2.20. The van der Waals surface area contributed by atoms with E-state index in [1.807, 2.05) is 0 Å². The van der Waals surface area contributed by atoms with E-state index in [1.165, 1.54) is 18.1 Å². The van der Waals surface area contributed by atoms with Gasteiger partial charge in [0.1, 0.15) is 17.4 Å². The maximum Gasteiger partial charge on any atom is 0.239 e. The van der Waals surface area contributed by atoms with Crippen LogP contribution >= 0.6 is 23.2 Å². The van der Waals surface area contributed by atoms with E-state index in [4.69, 9.17) is 27.9 Å². The Bertz CT molecular complexity index is 919. The molecule has 1 saturated heterocycles. The molecule has 1 fully saturated rings. The SMILES string of the molecule is COc1ccc(O)c(C(C)NC(=O)C2CCN(c3ccc(Cl)c(Cl)c3)C2=O)c1. The number of rotatable bonds is 5. The molecule has 0 spiro atoms. The molecule has 148 valence electrons. The number of anilines is 1. The average Bonchev–Trinajstić information content (AvgIpc) is 3.05. The molecule has 2 N–H and O–H groups in total. The van der Waals surface area contributed by atoms with Crippen molar-refractivity contribution in [2.24, 2.45) is 5.92 Å². The van der Waals surface area contributed by atoms with Gasteiger partial charge in [0.15, 0.2) is 0 Å². The fraction of sp³-hybridized carbons (Fsp3) is 0.300. The van der Waals surface area contributed by atoms with E-state index in [9.17, 15) is 14.7 Å². The second-order valence-electron chi connectivity index (χ2n) is 6.58. The first-order valence-corrected chi connectivity index (χ1v) is 9.51. The number of nitrogens with one attached hydrogen (secondary N) is 1. The summed E-state index contributed by atoms with van der Waals surface area (Å²) in [6, 6.07) is 9.22. The molecular formula is C20H20Cl2N2O4. The van der Waals surface area contributed by atoms with Crippen molar-refractivity contribution >= 4 is 40.7 Å². The number of phenolic OH excluding ortho intramolecular Hbond substituents is 1. The highest BCUT2D eigenvalue weighted by molar-refractivity contribution is 6.42. The molecule has 0 aliphatic carbocycles. The minimum atomic E-state index is -0.801. The van der Waals surface area contributed by atoms with E-state index in [1.54, 1.807) is 37.3 Å². The molecular weight excluding hydrogens is 403 g/mol. The molecule has 1 aliphatic heterocycles. The van der Waals surface area contributed by atoms with Crippen LogP contribution in [-0.4, -0.2) is 30.6 Å². The molecule has 0 aromatic heterocycles. The Hall–Kier alpha value is -2.44. The fourth-order valence-corrected chi connectivity index (χ4v) is 3.52. The summed E-state index contributed by atoms with van der Waals surface area (Å²) in [7, 11) is 1.52. The van der Waals surface area contributed by atoms with Crippen molar-refractivity contribution < 1.29 is 19.4 Å². The fourth-order valence-electron chi connectivity index (χ4n) is 3.23. The predicted molar refractivity (Wildman–Crippen MR) is 108 cm³/mol. The molecule has 0 bridgehead atoms. The minimum absolute atomic E-state index is 0.0452. The number of aromatic hydroxyl groups is 1. The molecule has 2 atom stereocenters. The van der Waals surface area contributed by atoms with Gasteiger partial charge in [-0.2, -0.15) is 0 Å². The van der Waals surface area contributed by atoms with E-state index in [0.717, 1.165) is 0 Å². The van der Waals surface area contributed by atoms with Crippen molar-refractivity contribution in [3.8, 4) is 11.5 Å². The lowest BCUT2D eigenvalue weighted by Crippen LogP contribution is -2.38.